The molecule has 0 spiro atoms. The average molecular weight is 544 g/mol. The van der Waals surface area contributed by atoms with E-state index in [1.54, 1.807) is 29.0 Å². The van der Waals surface area contributed by atoms with Crippen molar-refractivity contribution in [1.82, 2.24) is 19.8 Å². The second-order valence-corrected chi connectivity index (χ2v) is 9.85. The van der Waals surface area contributed by atoms with Gasteiger partial charge in [0.05, 0.1) is 10.5 Å². The lowest BCUT2D eigenvalue weighted by atomic mass is 10.0. The van der Waals surface area contributed by atoms with Crippen molar-refractivity contribution < 1.29 is 9.18 Å². The SMILES string of the molecule is O=C(NCc1ccnc(Cl)c1)n1c2c(c3cc(Cl)ccc31)CN(C/C=C/c1ccc(F)cc1Cl)CC2. The molecule has 5 rings (SSSR count). The fraction of sp³-hybridized carbons (Fsp3) is 0.185. The minimum absolute atomic E-state index is 0.198. The number of amides is 1. The van der Waals surface area contributed by atoms with Crippen molar-refractivity contribution in [2.24, 2.45) is 0 Å². The third-order valence-electron chi connectivity index (χ3n) is 6.25. The van der Waals surface area contributed by atoms with Crippen LogP contribution in [0, 0.1) is 5.82 Å². The second-order valence-electron chi connectivity index (χ2n) is 8.62. The van der Waals surface area contributed by atoms with E-state index in [9.17, 15) is 9.18 Å². The van der Waals surface area contributed by atoms with Crippen LogP contribution in [0.2, 0.25) is 15.2 Å². The lowest BCUT2D eigenvalue weighted by Crippen LogP contribution is -2.34. The summed E-state index contributed by atoms with van der Waals surface area (Å²) in [5.41, 5.74) is 4.54. The molecule has 1 N–H and O–H groups in total. The van der Waals surface area contributed by atoms with Gasteiger partial charge < -0.3 is 5.32 Å². The molecule has 1 aliphatic rings. The number of hydrogen-bond acceptors (Lipinski definition) is 3. The Bertz CT molecular complexity index is 1480. The number of carbonyl (C=O) groups excluding carboxylic acids is 1. The van der Waals surface area contributed by atoms with E-state index in [2.05, 4.69) is 15.2 Å². The highest BCUT2D eigenvalue weighted by atomic mass is 35.5. The van der Waals surface area contributed by atoms with Crippen LogP contribution in [0.5, 0.6) is 0 Å². The molecule has 4 aromatic rings. The molecule has 5 nitrogen and oxygen atoms in total. The predicted octanol–water partition coefficient (Wildman–Crippen LogP) is 6.97. The van der Waals surface area contributed by atoms with Crippen LogP contribution in [0.25, 0.3) is 17.0 Å². The van der Waals surface area contributed by atoms with Crippen LogP contribution < -0.4 is 5.32 Å². The summed E-state index contributed by atoms with van der Waals surface area (Å²) in [6.45, 7) is 2.49. The number of hydrogen-bond donors (Lipinski definition) is 1. The van der Waals surface area contributed by atoms with Gasteiger partial charge in [0, 0.05) is 54.9 Å². The Kier molecular flexibility index (Phi) is 7.30. The fourth-order valence-corrected chi connectivity index (χ4v) is 5.15. The van der Waals surface area contributed by atoms with Gasteiger partial charge in [0.2, 0.25) is 0 Å². The van der Waals surface area contributed by atoms with E-state index in [4.69, 9.17) is 34.8 Å². The summed E-state index contributed by atoms with van der Waals surface area (Å²) in [6, 6.07) is 13.3. The van der Waals surface area contributed by atoms with Crippen molar-refractivity contribution in [1.29, 1.82) is 0 Å². The summed E-state index contributed by atoms with van der Waals surface area (Å²) >= 11 is 18.4. The van der Waals surface area contributed by atoms with Gasteiger partial charge in [-0.25, -0.2) is 14.2 Å². The number of nitrogens with zero attached hydrogens (tertiary/aromatic N) is 3. The largest absolute Gasteiger partial charge is 0.333 e. The highest BCUT2D eigenvalue weighted by molar-refractivity contribution is 6.32. The van der Waals surface area contributed by atoms with E-state index < -0.39 is 0 Å². The lowest BCUT2D eigenvalue weighted by Gasteiger charge is -2.27. The van der Waals surface area contributed by atoms with Crippen LogP contribution in [0.15, 0.2) is 60.8 Å². The maximum Gasteiger partial charge on any atom is 0.326 e. The Labute approximate surface area is 223 Å². The van der Waals surface area contributed by atoms with Crippen molar-refractivity contribution >= 4 is 57.8 Å². The molecular formula is C27H22Cl3FN4O. The summed E-state index contributed by atoms with van der Waals surface area (Å²) in [7, 11) is 0. The number of fused-ring (bicyclic) bond motifs is 3. The number of aromatic nitrogens is 2. The molecule has 9 heteroatoms. The zero-order chi connectivity index (χ0) is 25.2. The standard InChI is InChI=1S/C27H22Cl3FN4O/c28-19-4-6-24-21(13-19)22-16-34(10-1-2-18-3-5-20(31)14-23(18)29)11-8-25(22)35(24)27(36)33-15-17-7-9-32-26(30)12-17/h1-7,9,12-14H,8,10-11,15-16H2,(H,33,36)/b2-1+. The van der Waals surface area contributed by atoms with Crippen LogP contribution in [0.3, 0.4) is 0 Å². The highest BCUT2D eigenvalue weighted by Gasteiger charge is 2.26. The number of nitrogens with one attached hydrogen (secondary N) is 1. The van der Waals surface area contributed by atoms with E-state index >= 15 is 0 Å². The Morgan fingerprint density at radius 1 is 1.11 bits per heavy atom. The Balaban J connectivity index is 1.37. The summed E-state index contributed by atoms with van der Waals surface area (Å²) < 4.78 is 15.1. The van der Waals surface area contributed by atoms with Crippen LogP contribution in [0.4, 0.5) is 9.18 Å². The van der Waals surface area contributed by atoms with E-state index in [1.807, 2.05) is 30.4 Å². The van der Waals surface area contributed by atoms with Gasteiger partial charge in [0.25, 0.3) is 0 Å². The first kappa shape index (κ1) is 24.8. The van der Waals surface area contributed by atoms with Crippen molar-refractivity contribution in [2.75, 3.05) is 13.1 Å². The quantitative estimate of drug-likeness (QED) is 0.277. The first-order valence-corrected chi connectivity index (χ1v) is 12.6. The minimum Gasteiger partial charge on any atom is -0.333 e. The minimum atomic E-state index is -0.357. The van der Waals surface area contributed by atoms with Gasteiger partial charge >= 0.3 is 6.03 Å². The Morgan fingerprint density at radius 2 is 1.97 bits per heavy atom. The molecule has 1 aliphatic heterocycles. The zero-order valence-electron chi connectivity index (χ0n) is 19.1. The average Bonchev–Trinajstić information content (AvgIpc) is 3.17. The maximum absolute atomic E-state index is 13.3. The normalized spacial score (nSPS) is 13.9. The van der Waals surface area contributed by atoms with Gasteiger partial charge in [-0.3, -0.25) is 9.47 Å². The van der Waals surface area contributed by atoms with Crippen molar-refractivity contribution in [3.05, 3.63) is 104 Å². The zero-order valence-corrected chi connectivity index (χ0v) is 21.4. The number of rotatable bonds is 5. The topological polar surface area (TPSA) is 50.2 Å². The van der Waals surface area contributed by atoms with E-state index in [0.29, 0.717) is 41.3 Å². The summed E-state index contributed by atoms with van der Waals surface area (Å²) in [5.74, 6) is -0.357. The molecule has 184 valence electrons. The molecule has 0 aliphatic carbocycles. The maximum atomic E-state index is 13.3. The van der Waals surface area contributed by atoms with Gasteiger partial charge in [-0.2, -0.15) is 0 Å². The first-order valence-electron chi connectivity index (χ1n) is 11.4. The van der Waals surface area contributed by atoms with Gasteiger partial charge in [-0.15, -0.1) is 0 Å². The molecule has 2 aromatic carbocycles. The Hall–Kier alpha value is -2.90. The van der Waals surface area contributed by atoms with Crippen LogP contribution in [-0.4, -0.2) is 33.6 Å². The van der Waals surface area contributed by atoms with Crippen LogP contribution >= 0.6 is 34.8 Å². The molecule has 0 saturated carbocycles. The van der Waals surface area contributed by atoms with E-state index in [1.165, 1.54) is 12.1 Å². The number of pyridine rings is 1. The third kappa shape index (κ3) is 5.27. The molecule has 1 amide bonds. The van der Waals surface area contributed by atoms with Crippen molar-refractivity contribution in [2.45, 2.75) is 19.5 Å². The molecule has 36 heavy (non-hydrogen) atoms. The van der Waals surface area contributed by atoms with Gasteiger partial charge in [-0.1, -0.05) is 53.0 Å². The fourth-order valence-electron chi connectivity index (χ4n) is 4.55. The molecule has 2 aromatic heterocycles. The molecule has 0 fully saturated rings. The second kappa shape index (κ2) is 10.6. The van der Waals surface area contributed by atoms with Gasteiger partial charge in [0.15, 0.2) is 0 Å². The van der Waals surface area contributed by atoms with E-state index in [0.717, 1.165) is 39.8 Å². The highest BCUT2D eigenvalue weighted by Crippen LogP contribution is 2.33. The summed E-state index contributed by atoms with van der Waals surface area (Å²) in [5, 5.41) is 5.35. The summed E-state index contributed by atoms with van der Waals surface area (Å²) in [6.07, 6.45) is 6.24. The Morgan fingerprint density at radius 3 is 2.78 bits per heavy atom. The van der Waals surface area contributed by atoms with Crippen molar-refractivity contribution in [3.63, 3.8) is 0 Å². The molecular weight excluding hydrogens is 522 g/mol. The molecule has 0 saturated heterocycles. The molecule has 3 heterocycles. The number of carbonyl (C=O) groups is 1. The lowest BCUT2D eigenvalue weighted by molar-refractivity contribution is 0.240. The van der Waals surface area contributed by atoms with Crippen LogP contribution in [0.1, 0.15) is 22.4 Å². The third-order valence-corrected chi connectivity index (χ3v) is 7.02. The first-order chi connectivity index (χ1) is 17.4. The molecule has 0 unspecified atom stereocenters. The van der Waals surface area contributed by atoms with Gasteiger partial charge in [0.1, 0.15) is 11.0 Å². The predicted molar refractivity (Wildman–Crippen MR) is 143 cm³/mol. The van der Waals surface area contributed by atoms with Gasteiger partial charge in [-0.05, 0) is 59.2 Å². The monoisotopic (exact) mass is 542 g/mol. The van der Waals surface area contributed by atoms with Crippen LogP contribution in [-0.2, 0) is 19.5 Å². The smallest absolute Gasteiger partial charge is 0.326 e. The molecule has 0 bridgehead atoms. The summed E-state index contributed by atoms with van der Waals surface area (Å²) in [4.78, 5) is 19.6. The molecule has 0 radical (unpaired) electrons. The van der Waals surface area contributed by atoms with E-state index in [-0.39, 0.29) is 11.8 Å². The van der Waals surface area contributed by atoms with Crippen molar-refractivity contribution in [3.8, 4) is 0 Å². The molecule has 0 atom stereocenters. The number of halogens is 4. The number of benzene rings is 2.